The zero-order valence-corrected chi connectivity index (χ0v) is 22.5. The summed E-state index contributed by atoms with van der Waals surface area (Å²) in [6.07, 6.45) is -5.37. The number of rotatable bonds is 10. The van der Waals surface area contributed by atoms with Crippen LogP contribution >= 0.6 is 19.8 Å². The molecule has 0 N–H and O–H groups in total. The molecule has 210 valence electrons. The summed E-state index contributed by atoms with van der Waals surface area (Å²) >= 11 is -1.18. The Morgan fingerprint density at radius 3 is 2.32 bits per heavy atom. The van der Waals surface area contributed by atoms with Crippen molar-refractivity contribution in [3.05, 3.63) is 52.8 Å². The molecule has 1 aliphatic heterocycles. The van der Waals surface area contributed by atoms with E-state index in [1.807, 2.05) is 0 Å². The van der Waals surface area contributed by atoms with Crippen molar-refractivity contribution in [3.63, 3.8) is 0 Å². The average molecular weight is 656 g/mol. The first-order valence-electron chi connectivity index (χ1n) is 11.7. The Kier molecular flexibility index (Phi) is 10.1. The fourth-order valence-corrected chi connectivity index (χ4v) is 8.20. The zero-order chi connectivity index (χ0) is 27.4. The van der Waals surface area contributed by atoms with Crippen molar-refractivity contribution in [1.82, 2.24) is 0 Å². The average Bonchev–Trinajstić information content (AvgIpc) is 2.96. The van der Waals surface area contributed by atoms with Crippen LogP contribution < -0.4 is 4.74 Å². The Morgan fingerprint density at radius 2 is 1.68 bits per heavy atom. The van der Waals surface area contributed by atoms with Crippen LogP contribution in [0, 0.1) is 17.6 Å². The van der Waals surface area contributed by atoms with E-state index in [-0.39, 0.29) is 31.6 Å². The van der Waals surface area contributed by atoms with Gasteiger partial charge in [0, 0.05) is 13.0 Å². The maximum atomic E-state index is 14.5. The molecule has 3 nitrogen and oxygen atoms in total. The number of ether oxygens (including phenoxy) is 3. The smallest absolute Gasteiger partial charge is 0.161 e. The van der Waals surface area contributed by atoms with Gasteiger partial charge in [0.15, 0.2) is 5.83 Å². The minimum atomic E-state index is -3.74. The second-order valence-electron chi connectivity index (χ2n) is 8.99. The molecule has 1 heterocycles. The number of halogens is 9. The Balaban J connectivity index is 1.64. The molecule has 0 spiro atoms. The van der Waals surface area contributed by atoms with Gasteiger partial charge in [-0.05, 0) is 13.0 Å². The molecule has 3 rings (SSSR count). The summed E-state index contributed by atoms with van der Waals surface area (Å²) in [6.45, 7) is 0.370. The summed E-state index contributed by atoms with van der Waals surface area (Å²) in [6, 6.07) is 1.45. The van der Waals surface area contributed by atoms with Crippen LogP contribution in [0.3, 0.4) is 0 Å². The monoisotopic (exact) mass is 656 g/mol. The van der Waals surface area contributed by atoms with Crippen LogP contribution in [0.1, 0.15) is 38.2 Å². The molecule has 1 fully saturated rings. The summed E-state index contributed by atoms with van der Waals surface area (Å²) < 4.78 is 131. The Hall–Kier alpha value is -1.57. The summed E-state index contributed by atoms with van der Waals surface area (Å²) in [5.41, 5.74) is -0.775. The fraction of sp³-hybridized carbons (Fsp3) is 0.600. The van der Waals surface area contributed by atoms with Crippen molar-refractivity contribution in [2.24, 2.45) is 5.92 Å². The summed E-state index contributed by atoms with van der Waals surface area (Å²) in [5.74, 6) is -12.1. The van der Waals surface area contributed by atoms with E-state index in [2.05, 4.69) is 9.67 Å². The van der Waals surface area contributed by atoms with Crippen LogP contribution in [0.15, 0.2) is 35.6 Å². The molecular formula is C25H29F8IO3. The Morgan fingerprint density at radius 1 is 1.00 bits per heavy atom. The fourth-order valence-electron chi connectivity index (χ4n) is 4.03. The topological polar surface area (TPSA) is 27.7 Å². The molecule has 2 aliphatic rings. The maximum Gasteiger partial charge on any atom is 0.161 e. The predicted molar refractivity (Wildman–Crippen MR) is 131 cm³/mol. The van der Waals surface area contributed by atoms with Gasteiger partial charge in [-0.1, -0.05) is 0 Å². The van der Waals surface area contributed by atoms with Gasteiger partial charge >= 0.3 is 144 Å². The molecule has 0 amide bonds. The van der Waals surface area contributed by atoms with Gasteiger partial charge in [-0.25, -0.2) is 8.78 Å². The van der Waals surface area contributed by atoms with Crippen LogP contribution in [0.5, 0.6) is 5.75 Å². The van der Waals surface area contributed by atoms with Gasteiger partial charge in [-0.15, -0.1) is 0 Å². The van der Waals surface area contributed by atoms with Crippen LogP contribution in [0.4, 0.5) is 35.1 Å². The molecule has 0 bridgehead atoms. The first kappa shape index (κ1) is 30.0. The quantitative estimate of drug-likeness (QED) is 0.146. The van der Waals surface area contributed by atoms with Gasteiger partial charge in [0.25, 0.3) is 0 Å². The second kappa shape index (κ2) is 12.5. The third-order valence-electron chi connectivity index (χ3n) is 6.13. The van der Waals surface area contributed by atoms with E-state index in [9.17, 15) is 35.1 Å². The number of hydrogen-bond donors (Lipinski definition) is 0. The van der Waals surface area contributed by atoms with Crippen LogP contribution in [-0.4, -0.2) is 45.1 Å². The van der Waals surface area contributed by atoms with Gasteiger partial charge in [0.05, 0.1) is 12.2 Å². The van der Waals surface area contributed by atoms with Crippen LogP contribution in [0.25, 0.3) is 0 Å². The largest absolute Gasteiger partial charge is 0.208 e. The van der Waals surface area contributed by atoms with Crippen molar-refractivity contribution in [2.75, 3.05) is 27.0 Å². The number of hydrogen-bond acceptors (Lipinski definition) is 3. The molecular weight excluding hydrogens is 627 g/mol. The predicted octanol–water partition coefficient (Wildman–Crippen LogP) is 7.91. The summed E-state index contributed by atoms with van der Waals surface area (Å²) in [5, 5.41) is 0. The van der Waals surface area contributed by atoms with E-state index in [1.54, 1.807) is 6.92 Å². The van der Waals surface area contributed by atoms with Crippen LogP contribution in [0.2, 0.25) is 0 Å². The van der Waals surface area contributed by atoms with Crippen molar-refractivity contribution >= 4 is 19.8 Å². The first-order valence-corrected chi connectivity index (χ1v) is 16.9. The molecule has 12 heteroatoms. The van der Waals surface area contributed by atoms with Crippen molar-refractivity contribution in [1.29, 1.82) is 0 Å². The van der Waals surface area contributed by atoms with Gasteiger partial charge in [0.2, 0.25) is 0 Å². The minimum absolute atomic E-state index is 0.110. The molecule has 37 heavy (non-hydrogen) atoms. The molecule has 1 unspecified atom stereocenters. The molecule has 1 aromatic carbocycles. The molecule has 0 saturated carbocycles. The van der Waals surface area contributed by atoms with Crippen molar-refractivity contribution in [3.8, 4) is 5.75 Å². The molecule has 0 radical (unpaired) electrons. The molecule has 1 aliphatic carbocycles. The first-order chi connectivity index (χ1) is 17.3. The van der Waals surface area contributed by atoms with Gasteiger partial charge in [-0.2, -0.15) is 0 Å². The number of alkyl halides is 7. The van der Waals surface area contributed by atoms with E-state index in [1.165, 1.54) is 6.08 Å². The molecule has 1 atom stereocenters. The Bertz CT molecular complexity index is 1010. The summed E-state index contributed by atoms with van der Waals surface area (Å²) in [4.78, 5) is 2.09. The van der Waals surface area contributed by atoms with E-state index in [0.717, 1.165) is 6.07 Å². The zero-order valence-electron chi connectivity index (χ0n) is 20.4. The SMILES string of the molecule is CCOC1CC=C(OCC(F)(F)Cc2ccc(OC(F)(F)C3CCI(C)CC3)c(F)c2F)CC(F)=C1F. The van der Waals surface area contributed by atoms with E-state index in [0.29, 0.717) is 14.9 Å². The molecule has 0 aromatic heterocycles. The van der Waals surface area contributed by atoms with E-state index < -0.39 is 97.9 Å². The second-order valence-corrected chi connectivity index (χ2v) is 15.3. The van der Waals surface area contributed by atoms with Gasteiger partial charge in [-0.3, -0.25) is 0 Å². The van der Waals surface area contributed by atoms with E-state index in [4.69, 9.17) is 9.47 Å². The third-order valence-corrected chi connectivity index (χ3v) is 11.1. The Labute approximate surface area is 217 Å². The van der Waals surface area contributed by atoms with Gasteiger partial charge < -0.3 is 9.47 Å². The van der Waals surface area contributed by atoms with Gasteiger partial charge in [0.1, 0.15) is 11.9 Å². The molecule has 1 saturated heterocycles. The third kappa shape index (κ3) is 7.96. The maximum absolute atomic E-state index is 14.5. The summed E-state index contributed by atoms with van der Waals surface area (Å²) in [7, 11) is 0. The van der Waals surface area contributed by atoms with E-state index >= 15 is 0 Å². The minimum Gasteiger partial charge on any atom is -0.208 e. The number of allylic oxidation sites excluding steroid dienone is 1. The normalized spacial score (nSPS) is 21.1. The van der Waals surface area contributed by atoms with Crippen molar-refractivity contribution < 1.29 is 49.3 Å². The van der Waals surface area contributed by atoms with Crippen LogP contribution in [-0.2, 0) is 15.9 Å². The molecule has 1 aromatic rings. The van der Waals surface area contributed by atoms with Crippen molar-refractivity contribution in [2.45, 2.75) is 57.2 Å². The number of benzene rings is 1. The standard InChI is InChI=1S/C25H29F8IO3/c1-3-35-19-7-5-17(12-18(26)22(19)28)36-14-24(30,31)13-15-4-6-20(23(29)21(15)27)37-25(32,33)16-8-10-34(2)11-9-16/h4-6,16,19H,3,7-14H2,1-2H3.